The fourth-order valence-electron chi connectivity index (χ4n) is 2.71. The average molecular weight is 361 g/mol. The van der Waals surface area contributed by atoms with E-state index in [2.05, 4.69) is 15.9 Å². The van der Waals surface area contributed by atoms with Crippen LogP contribution >= 0.6 is 15.9 Å². The molecule has 1 fully saturated rings. The first-order valence-corrected chi connectivity index (χ1v) is 8.98. The molecule has 6 heteroatoms. The Hall–Kier alpha value is -0.430. The molecule has 0 radical (unpaired) electrons. The predicted octanol–water partition coefficient (Wildman–Crippen LogP) is 2.47. The van der Waals surface area contributed by atoms with Crippen LogP contribution in [0.3, 0.4) is 0 Å². The Morgan fingerprint density at radius 1 is 1.40 bits per heavy atom. The van der Waals surface area contributed by atoms with Gasteiger partial charge in [-0.25, -0.2) is 8.42 Å². The largest absolute Gasteiger partial charge is 0.308 e. The molecule has 1 aliphatic rings. The van der Waals surface area contributed by atoms with Gasteiger partial charge in [0, 0.05) is 23.6 Å². The molecule has 1 heterocycles. The van der Waals surface area contributed by atoms with E-state index in [4.69, 9.17) is 0 Å². The highest BCUT2D eigenvalue weighted by Crippen LogP contribution is 2.29. The van der Waals surface area contributed by atoms with Crippen molar-refractivity contribution in [2.45, 2.75) is 30.7 Å². The van der Waals surface area contributed by atoms with Gasteiger partial charge in [-0.3, -0.25) is 0 Å². The molecule has 0 bridgehead atoms. The number of benzene rings is 1. The van der Waals surface area contributed by atoms with Crippen LogP contribution in [0.2, 0.25) is 0 Å². The van der Waals surface area contributed by atoms with E-state index in [1.807, 2.05) is 38.1 Å². The monoisotopic (exact) mass is 360 g/mol. The third kappa shape index (κ3) is 3.24. The van der Waals surface area contributed by atoms with Crippen molar-refractivity contribution in [3.63, 3.8) is 0 Å². The lowest BCUT2D eigenvalue weighted by Gasteiger charge is -2.27. The van der Waals surface area contributed by atoms with Crippen molar-refractivity contribution in [3.05, 3.63) is 28.2 Å². The number of sulfonamides is 1. The molecular formula is C14H21BrN2O2S. The Labute approximate surface area is 129 Å². The van der Waals surface area contributed by atoms with Crippen LogP contribution < -0.4 is 0 Å². The van der Waals surface area contributed by atoms with Crippen LogP contribution in [0, 0.1) is 6.92 Å². The van der Waals surface area contributed by atoms with Gasteiger partial charge in [-0.05, 0) is 51.6 Å². The number of aryl methyl sites for hydroxylation is 1. The first-order chi connectivity index (χ1) is 9.32. The molecule has 1 atom stereocenters. The molecule has 1 aromatic rings. The summed E-state index contributed by atoms with van der Waals surface area (Å²) in [7, 11) is 0.549. The van der Waals surface area contributed by atoms with Crippen molar-refractivity contribution in [2.75, 3.05) is 27.2 Å². The van der Waals surface area contributed by atoms with Gasteiger partial charge in [-0.1, -0.05) is 22.0 Å². The topological polar surface area (TPSA) is 40.6 Å². The van der Waals surface area contributed by atoms with Crippen LogP contribution in [0.1, 0.15) is 18.4 Å². The summed E-state index contributed by atoms with van der Waals surface area (Å²) in [6.07, 6.45) is 1.87. The molecule has 20 heavy (non-hydrogen) atoms. The van der Waals surface area contributed by atoms with Crippen LogP contribution in [0.5, 0.6) is 0 Å². The van der Waals surface area contributed by atoms with Crippen LogP contribution in [-0.4, -0.2) is 50.8 Å². The van der Waals surface area contributed by atoms with Gasteiger partial charge < -0.3 is 4.90 Å². The molecule has 0 aromatic heterocycles. The predicted molar refractivity (Wildman–Crippen MR) is 84.3 cm³/mol. The van der Waals surface area contributed by atoms with Crippen LogP contribution in [0.25, 0.3) is 0 Å². The summed E-state index contributed by atoms with van der Waals surface area (Å²) >= 11 is 3.36. The SMILES string of the molecule is Cc1ccc(Br)cc1S(=O)(=O)N1CCCC1CN(C)C. The van der Waals surface area contributed by atoms with Gasteiger partial charge in [0.15, 0.2) is 0 Å². The summed E-state index contributed by atoms with van der Waals surface area (Å²) in [6, 6.07) is 5.49. The Morgan fingerprint density at radius 3 is 2.75 bits per heavy atom. The fourth-order valence-corrected chi connectivity index (χ4v) is 5.16. The number of likely N-dealkylation sites (N-methyl/N-ethyl adjacent to an activating group) is 1. The van der Waals surface area contributed by atoms with E-state index in [1.165, 1.54) is 0 Å². The van der Waals surface area contributed by atoms with Gasteiger partial charge in [-0.15, -0.1) is 0 Å². The summed E-state index contributed by atoms with van der Waals surface area (Å²) < 4.78 is 28.2. The van der Waals surface area contributed by atoms with Crippen molar-refractivity contribution in [1.82, 2.24) is 9.21 Å². The Morgan fingerprint density at radius 2 is 2.10 bits per heavy atom. The van der Waals surface area contributed by atoms with Crippen LogP contribution in [-0.2, 0) is 10.0 Å². The molecule has 1 aromatic carbocycles. The Bertz CT molecular complexity index is 587. The molecule has 0 amide bonds. The van der Waals surface area contributed by atoms with Gasteiger partial charge in [0.1, 0.15) is 0 Å². The summed E-state index contributed by atoms with van der Waals surface area (Å²) in [5, 5.41) is 0. The summed E-state index contributed by atoms with van der Waals surface area (Å²) in [5.74, 6) is 0. The van der Waals surface area contributed by atoms with E-state index >= 15 is 0 Å². The van der Waals surface area contributed by atoms with E-state index in [1.54, 1.807) is 10.4 Å². The lowest BCUT2D eigenvalue weighted by Crippen LogP contribution is -2.41. The molecule has 1 aliphatic heterocycles. The summed E-state index contributed by atoms with van der Waals surface area (Å²) in [6.45, 7) is 3.23. The maximum atomic E-state index is 12.9. The van der Waals surface area contributed by atoms with E-state index in [0.29, 0.717) is 11.4 Å². The normalized spacial score (nSPS) is 20.8. The maximum Gasteiger partial charge on any atom is 0.243 e. The average Bonchev–Trinajstić information content (AvgIpc) is 2.80. The molecule has 0 aliphatic carbocycles. The number of hydrogen-bond acceptors (Lipinski definition) is 3. The van der Waals surface area contributed by atoms with Gasteiger partial charge in [0.25, 0.3) is 0 Å². The highest BCUT2D eigenvalue weighted by Gasteiger charge is 2.36. The van der Waals surface area contributed by atoms with E-state index in [9.17, 15) is 8.42 Å². The molecular weight excluding hydrogens is 340 g/mol. The molecule has 2 rings (SSSR count). The third-order valence-corrected chi connectivity index (χ3v) is 6.22. The molecule has 4 nitrogen and oxygen atoms in total. The second kappa shape index (κ2) is 6.13. The van der Waals surface area contributed by atoms with Crippen molar-refractivity contribution in [1.29, 1.82) is 0 Å². The van der Waals surface area contributed by atoms with Gasteiger partial charge >= 0.3 is 0 Å². The lowest BCUT2D eigenvalue weighted by molar-refractivity contribution is 0.291. The van der Waals surface area contributed by atoms with E-state index in [-0.39, 0.29) is 6.04 Å². The molecule has 1 saturated heterocycles. The van der Waals surface area contributed by atoms with E-state index < -0.39 is 10.0 Å². The first-order valence-electron chi connectivity index (χ1n) is 6.75. The molecule has 0 spiro atoms. The highest BCUT2D eigenvalue weighted by atomic mass is 79.9. The second-order valence-corrected chi connectivity index (χ2v) is 8.36. The van der Waals surface area contributed by atoms with Gasteiger partial charge in [-0.2, -0.15) is 4.31 Å². The number of nitrogens with zero attached hydrogens (tertiary/aromatic N) is 2. The van der Waals surface area contributed by atoms with Crippen molar-refractivity contribution in [2.24, 2.45) is 0 Å². The van der Waals surface area contributed by atoms with Crippen LogP contribution in [0.15, 0.2) is 27.6 Å². The van der Waals surface area contributed by atoms with Crippen LogP contribution in [0.4, 0.5) is 0 Å². The highest BCUT2D eigenvalue weighted by molar-refractivity contribution is 9.10. The lowest BCUT2D eigenvalue weighted by atomic mass is 10.2. The molecule has 0 N–H and O–H groups in total. The smallest absolute Gasteiger partial charge is 0.243 e. The third-order valence-electron chi connectivity index (χ3n) is 3.64. The number of hydrogen-bond donors (Lipinski definition) is 0. The van der Waals surface area contributed by atoms with Crippen molar-refractivity contribution in [3.8, 4) is 0 Å². The van der Waals surface area contributed by atoms with E-state index in [0.717, 1.165) is 29.4 Å². The van der Waals surface area contributed by atoms with Gasteiger partial charge in [0.05, 0.1) is 4.90 Å². The Kier molecular flexibility index (Phi) is 4.89. The zero-order valence-electron chi connectivity index (χ0n) is 12.1. The zero-order chi connectivity index (χ0) is 14.9. The molecule has 1 unspecified atom stereocenters. The number of halogens is 1. The fraction of sp³-hybridized carbons (Fsp3) is 0.571. The quantitative estimate of drug-likeness (QED) is 0.827. The van der Waals surface area contributed by atoms with Gasteiger partial charge in [0.2, 0.25) is 10.0 Å². The minimum absolute atomic E-state index is 0.0772. The standard InChI is InChI=1S/C14H21BrN2O2S/c1-11-6-7-12(15)9-14(11)20(18,19)17-8-4-5-13(17)10-16(2)3/h6-7,9,13H,4-5,8,10H2,1-3H3. The molecule has 0 saturated carbocycles. The zero-order valence-corrected chi connectivity index (χ0v) is 14.5. The Balaban J connectivity index is 2.36. The minimum Gasteiger partial charge on any atom is -0.308 e. The maximum absolute atomic E-state index is 12.9. The minimum atomic E-state index is -3.41. The molecule has 112 valence electrons. The first kappa shape index (κ1) is 15.9. The van der Waals surface area contributed by atoms with Crippen molar-refractivity contribution < 1.29 is 8.42 Å². The second-order valence-electron chi connectivity index (χ2n) is 5.58. The number of rotatable bonds is 4. The summed E-state index contributed by atoms with van der Waals surface area (Å²) in [5.41, 5.74) is 0.795. The van der Waals surface area contributed by atoms with Crippen molar-refractivity contribution >= 4 is 26.0 Å². The summed E-state index contributed by atoms with van der Waals surface area (Å²) in [4.78, 5) is 2.46.